The van der Waals surface area contributed by atoms with Gasteiger partial charge < -0.3 is 15.3 Å². The fraction of sp³-hybridized carbons (Fsp3) is 0.600. The van der Waals surface area contributed by atoms with Crippen molar-refractivity contribution >= 4 is 11.8 Å². The van der Waals surface area contributed by atoms with Gasteiger partial charge in [-0.3, -0.25) is 9.59 Å². The summed E-state index contributed by atoms with van der Waals surface area (Å²) >= 11 is 0. The van der Waals surface area contributed by atoms with Gasteiger partial charge in [-0.05, 0) is 44.2 Å². The van der Waals surface area contributed by atoms with Gasteiger partial charge in [0.15, 0.2) is 0 Å². The number of nitrogens with zero attached hydrogens (tertiary/aromatic N) is 1. The quantitative estimate of drug-likeness (QED) is 0.831. The molecule has 2 N–H and O–H groups in total. The molecule has 1 aromatic rings. The first-order valence-electron chi connectivity index (χ1n) is 9.13. The molecular weight excluding hydrogens is 316 g/mol. The Morgan fingerprint density at radius 3 is 2.52 bits per heavy atom. The van der Waals surface area contributed by atoms with E-state index in [1.54, 1.807) is 17.9 Å². The number of aryl methyl sites for hydroxylation is 1. The van der Waals surface area contributed by atoms with E-state index in [-0.39, 0.29) is 17.7 Å². The molecule has 25 heavy (non-hydrogen) atoms. The Labute approximate surface area is 150 Å². The summed E-state index contributed by atoms with van der Waals surface area (Å²) in [4.78, 5) is 27.3. The summed E-state index contributed by atoms with van der Waals surface area (Å²) in [5.41, 5.74) is 1.50. The van der Waals surface area contributed by atoms with Crippen LogP contribution in [-0.2, 0) is 4.79 Å². The Balaban J connectivity index is 2.09. The van der Waals surface area contributed by atoms with Crippen LogP contribution in [0, 0.1) is 18.8 Å². The van der Waals surface area contributed by atoms with Crippen molar-refractivity contribution in [3.63, 3.8) is 0 Å². The molecule has 1 aliphatic heterocycles. The zero-order chi connectivity index (χ0) is 18.6. The van der Waals surface area contributed by atoms with E-state index in [1.165, 1.54) is 0 Å². The number of rotatable bonds is 6. The van der Waals surface area contributed by atoms with Gasteiger partial charge in [0.05, 0.1) is 6.10 Å². The summed E-state index contributed by atoms with van der Waals surface area (Å²) in [5.74, 6) is 0.166. The number of carbonyl (C=O) groups is 2. The molecule has 3 atom stereocenters. The Hall–Kier alpha value is -1.88. The van der Waals surface area contributed by atoms with Crippen molar-refractivity contribution < 1.29 is 14.7 Å². The normalized spacial score (nSPS) is 19.8. The maximum absolute atomic E-state index is 12.9. The van der Waals surface area contributed by atoms with Crippen molar-refractivity contribution in [2.75, 3.05) is 13.1 Å². The van der Waals surface area contributed by atoms with E-state index in [0.29, 0.717) is 31.0 Å². The largest absolute Gasteiger partial charge is 0.393 e. The second kappa shape index (κ2) is 8.48. The predicted octanol–water partition coefficient (Wildman–Crippen LogP) is 2.37. The van der Waals surface area contributed by atoms with Gasteiger partial charge >= 0.3 is 0 Å². The first-order valence-corrected chi connectivity index (χ1v) is 9.13. The molecule has 1 aromatic carbocycles. The standard InChI is InChI=1S/C20H30N2O3/c1-13(2)11-18(20(25)22-10-9-16(12-22)15(4)23)21-19(24)17-8-6-5-7-14(17)3/h5-8,13,15-16,18,23H,9-12H2,1-4H3,(H,21,24). The van der Waals surface area contributed by atoms with Gasteiger partial charge in [-0.25, -0.2) is 0 Å². The highest BCUT2D eigenvalue weighted by molar-refractivity contribution is 5.98. The maximum Gasteiger partial charge on any atom is 0.252 e. The van der Waals surface area contributed by atoms with Crippen LogP contribution in [0.25, 0.3) is 0 Å². The first kappa shape index (κ1) is 19.4. The number of carbonyl (C=O) groups excluding carboxylic acids is 2. The number of hydrogen-bond donors (Lipinski definition) is 2. The number of nitrogens with one attached hydrogen (secondary N) is 1. The minimum atomic E-state index is -0.528. The van der Waals surface area contributed by atoms with E-state index in [9.17, 15) is 14.7 Å². The average molecular weight is 346 g/mol. The lowest BCUT2D eigenvalue weighted by Gasteiger charge is -2.26. The van der Waals surface area contributed by atoms with Crippen LogP contribution in [0.1, 0.15) is 49.5 Å². The molecule has 1 saturated heterocycles. The lowest BCUT2D eigenvalue weighted by Crippen LogP contribution is -2.48. The molecule has 1 aliphatic rings. The summed E-state index contributed by atoms with van der Waals surface area (Å²) < 4.78 is 0. The third-order valence-electron chi connectivity index (χ3n) is 4.92. The van der Waals surface area contributed by atoms with Crippen LogP contribution in [0.5, 0.6) is 0 Å². The van der Waals surface area contributed by atoms with Crippen molar-refractivity contribution in [1.82, 2.24) is 10.2 Å². The minimum absolute atomic E-state index is 0.0428. The fourth-order valence-electron chi connectivity index (χ4n) is 3.36. The van der Waals surface area contributed by atoms with Crippen molar-refractivity contribution in [3.8, 4) is 0 Å². The van der Waals surface area contributed by atoms with E-state index in [1.807, 2.05) is 39.0 Å². The Morgan fingerprint density at radius 2 is 1.96 bits per heavy atom. The number of aliphatic hydroxyl groups is 1. The molecule has 2 amide bonds. The lowest BCUT2D eigenvalue weighted by atomic mass is 10.0. The lowest BCUT2D eigenvalue weighted by molar-refractivity contribution is -0.132. The van der Waals surface area contributed by atoms with Crippen LogP contribution in [0.2, 0.25) is 0 Å². The molecule has 5 nitrogen and oxygen atoms in total. The molecule has 1 fully saturated rings. The first-order chi connectivity index (χ1) is 11.8. The molecule has 0 aromatic heterocycles. The van der Waals surface area contributed by atoms with Crippen molar-refractivity contribution in [3.05, 3.63) is 35.4 Å². The van der Waals surface area contributed by atoms with Crippen LogP contribution in [0.3, 0.4) is 0 Å². The van der Waals surface area contributed by atoms with Crippen LogP contribution in [0.4, 0.5) is 0 Å². The van der Waals surface area contributed by atoms with Crippen molar-refractivity contribution in [2.45, 2.75) is 52.7 Å². The maximum atomic E-state index is 12.9. The van der Waals surface area contributed by atoms with E-state index >= 15 is 0 Å². The second-order valence-electron chi connectivity index (χ2n) is 7.54. The minimum Gasteiger partial charge on any atom is -0.393 e. The summed E-state index contributed by atoms with van der Waals surface area (Å²) in [6.45, 7) is 8.95. The van der Waals surface area contributed by atoms with Gasteiger partial charge in [-0.15, -0.1) is 0 Å². The van der Waals surface area contributed by atoms with Crippen LogP contribution >= 0.6 is 0 Å². The third-order valence-corrected chi connectivity index (χ3v) is 4.92. The molecule has 0 saturated carbocycles. The van der Waals surface area contributed by atoms with Gasteiger partial charge in [0.1, 0.15) is 6.04 Å². The molecule has 2 rings (SSSR count). The van der Waals surface area contributed by atoms with Crippen molar-refractivity contribution in [1.29, 1.82) is 0 Å². The summed E-state index contributed by atoms with van der Waals surface area (Å²) in [5, 5.41) is 12.7. The third kappa shape index (κ3) is 5.05. The smallest absolute Gasteiger partial charge is 0.252 e. The van der Waals surface area contributed by atoms with Crippen LogP contribution in [0.15, 0.2) is 24.3 Å². The van der Waals surface area contributed by atoms with E-state index in [0.717, 1.165) is 12.0 Å². The predicted molar refractivity (Wildman–Crippen MR) is 98.3 cm³/mol. The molecule has 0 bridgehead atoms. The Bertz CT molecular complexity index is 613. The molecule has 138 valence electrons. The highest BCUT2D eigenvalue weighted by Gasteiger charge is 2.33. The number of hydrogen-bond acceptors (Lipinski definition) is 3. The van der Waals surface area contributed by atoms with Gasteiger partial charge in [0.2, 0.25) is 5.91 Å². The van der Waals surface area contributed by atoms with Crippen LogP contribution in [-0.4, -0.2) is 47.1 Å². The molecule has 1 heterocycles. The summed E-state index contributed by atoms with van der Waals surface area (Å²) in [7, 11) is 0. The van der Waals surface area contributed by atoms with Gasteiger partial charge in [-0.1, -0.05) is 32.0 Å². The Kier molecular flexibility index (Phi) is 6.59. The summed E-state index contributed by atoms with van der Waals surface area (Å²) in [6.07, 6.45) is 0.999. The number of benzene rings is 1. The SMILES string of the molecule is Cc1ccccc1C(=O)NC(CC(C)C)C(=O)N1CCC(C(C)O)C1. The molecular formula is C20H30N2O3. The molecule has 3 unspecified atom stereocenters. The molecule has 0 aliphatic carbocycles. The van der Waals surface area contributed by atoms with E-state index in [4.69, 9.17) is 0 Å². The number of aliphatic hydroxyl groups excluding tert-OH is 1. The van der Waals surface area contributed by atoms with Gasteiger partial charge in [-0.2, -0.15) is 0 Å². The average Bonchev–Trinajstić information content (AvgIpc) is 3.03. The molecule has 5 heteroatoms. The van der Waals surface area contributed by atoms with Crippen molar-refractivity contribution in [2.24, 2.45) is 11.8 Å². The van der Waals surface area contributed by atoms with Gasteiger partial charge in [0.25, 0.3) is 5.91 Å². The number of likely N-dealkylation sites (tertiary alicyclic amines) is 1. The van der Waals surface area contributed by atoms with Gasteiger partial charge in [0, 0.05) is 24.6 Å². The van der Waals surface area contributed by atoms with E-state index < -0.39 is 12.1 Å². The number of amides is 2. The Morgan fingerprint density at radius 1 is 1.28 bits per heavy atom. The van der Waals surface area contributed by atoms with Crippen LogP contribution < -0.4 is 5.32 Å². The second-order valence-corrected chi connectivity index (χ2v) is 7.54. The fourth-order valence-corrected chi connectivity index (χ4v) is 3.36. The highest BCUT2D eigenvalue weighted by atomic mass is 16.3. The van der Waals surface area contributed by atoms with E-state index in [2.05, 4.69) is 5.32 Å². The molecule has 0 spiro atoms. The monoisotopic (exact) mass is 346 g/mol. The zero-order valence-electron chi connectivity index (χ0n) is 15.7. The molecule has 0 radical (unpaired) electrons. The highest BCUT2D eigenvalue weighted by Crippen LogP contribution is 2.21. The summed E-state index contributed by atoms with van der Waals surface area (Å²) in [6, 6.07) is 6.86. The zero-order valence-corrected chi connectivity index (χ0v) is 15.7. The topological polar surface area (TPSA) is 69.6 Å².